The van der Waals surface area contributed by atoms with Gasteiger partial charge in [0.1, 0.15) is 0 Å². The van der Waals surface area contributed by atoms with Crippen molar-refractivity contribution in [3.63, 3.8) is 0 Å². The number of fused-ring (bicyclic) bond motifs is 2. The summed E-state index contributed by atoms with van der Waals surface area (Å²) in [6.07, 6.45) is 1.72. The van der Waals surface area contributed by atoms with Gasteiger partial charge in [0, 0.05) is 17.1 Å². The zero-order valence-electron chi connectivity index (χ0n) is 11.3. The quantitative estimate of drug-likeness (QED) is 0.699. The Morgan fingerprint density at radius 3 is 2.32 bits per heavy atom. The van der Waals surface area contributed by atoms with E-state index in [2.05, 4.69) is 11.1 Å². The molecule has 3 aromatic rings. The van der Waals surface area contributed by atoms with Crippen LogP contribution in [0.4, 0.5) is 5.69 Å². The number of anilines is 1. The number of benzene rings is 2. The lowest BCUT2D eigenvalue weighted by atomic mass is 10.1. The SMILES string of the molecule is N#Cc1cc(N2C(=O)c3ccccc3C2=O)c2cc[nH]c2c1. The van der Waals surface area contributed by atoms with E-state index < -0.39 is 0 Å². The second kappa shape index (κ2) is 4.30. The highest BCUT2D eigenvalue weighted by Crippen LogP contribution is 2.34. The Morgan fingerprint density at radius 2 is 1.68 bits per heavy atom. The summed E-state index contributed by atoms with van der Waals surface area (Å²) in [6.45, 7) is 0. The lowest BCUT2D eigenvalue weighted by Crippen LogP contribution is -2.29. The van der Waals surface area contributed by atoms with Crippen molar-refractivity contribution in [3.05, 3.63) is 65.4 Å². The van der Waals surface area contributed by atoms with E-state index in [0.717, 1.165) is 10.3 Å². The summed E-state index contributed by atoms with van der Waals surface area (Å²) in [7, 11) is 0. The second-order valence-electron chi connectivity index (χ2n) is 5.04. The molecule has 0 atom stereocenters. The van der Waals surface area contributed by atoms with Gasteiger partial charge in [-0.2, -0.15) is 5.26 Å². The van der Waals surface area contributed by atoms with E-state index in [1.807, 2.05) is 0 Å². The van der Waals surface area contributed by atoms with Crippen LogP contribution in [0.3, 0.4) is 0 Å². The van der Waals surface area contributed by atoms with Crippen LogP contribution >= 0.6 is 0 Å². The maximum absolute atomic E-state index is 12.6. The standard InChI is InChI=1S/C17H9N3O2/c18-9-10-7-14-13(5-6-19-14)15(8-10)20-16(21)11-3-1-2-4-12(11)17(20)22/h1-8,19H. The van der Waals surface area contributed by atoms with Gasteiger partial charge in [-0.15, -0.1) is 0 Å². The van der Waals surface area contributed by atoms with Crippen LogP contribution in [0.5, 0.6) is 0 Å². The monoisotopic (exact) mass is 287 g/mol. The second-order valence-corrected chi connectivity index (χ2v) is 5.04. The topological polar surface area (TPSA) is 77.0 Å². The maximum atomic E-state index is 12.6. The molecule has 2 heterocycles. The predicted octanol–water partition coefficient (Wildman–Crippen LogP) is 2.84. The molecule has 2 amide bonds. The van der Waals surface area contributed by atoms with Gasteiger partial charge in [0.15, 0.2) is 0 Å². The Hall–Kier alpha value is -3.39. The van der Waals surface area contributed by atoms with Crippen LogP contribution in [-0.4, -0.2) is 16.8 Å². The average Bonchev–Trinajstić information content (AvgIpc) is 3.11. The maximum Gasteiger partial charge on any atom is 0.266 e. The number of nitriles is 1. The van der Waals surface area contributed by atoms with E-state index in [4.69, 9.17) is 5.26 Å². The Kier molecular flexibility index (Phi) is 2.42. The van der Waals surface area contributed by atoms with Crippen molar-refractivity contribution in [3.8, 4) is 6.07 Å². The predicted molar refractivity (Wildman–Crippen MR) is 80.6 cm³/mol. The van der Waals surface area contributed by atoms with Crippen LogP contribution in [0.1, 0.15) is 26.3 Å². The molecule has 0 aliphatic carbocycles. The molecule has 22 heavy (non-hydrogen) atoms. The van der Waals surface area contributed by atoms with Crippen LogP contribution in [0.2, 0.25) is 0 Å². The first-order valence-electron chi connectivity index (χ1n) is 6.70. The molecule has 1 aromatic heterocycles. The molecule has 0 spiro atoms. The van der Waals surface area contributed by atoms with Crippen LogP contribution in [0.25, 0.3) is 10.9 Å². The van der Waals surface area contributed by atoms with Gasteiger partial charge in [0.25, 0.3) is 11.8 Å². The van der Waals surface area contributed by atoms with E-state index >= 15 is 0 Å². The molecule has 5 heteroatoms. The first kappa shape index (κ1) is 12.4. The summed E-state index contributed by atoms with van der Waals surface area (Å²) in [5, 5.41) is 9.89. The lowest BCUT2D eigenvalue weighted by Gasteiger charge is -2.15. The number of aromatic amines is 1. The van der Waals surface area contributed by atoms with Crippen molar-refractivity contribution < 1.29 is 9.59 Å². The highest BCUT2D eigenvalue weighted by atomic mass is 16.2. The molecule has 0 fully saturated rings. The molecular weight excluding hydrogens is 278 g/mol. The van der Waals surface area contributed by atoms with Gasteiger partial charge in [-0.3, -0.25) is 9.59 Å². The molecule has 0 saturated heterocycles. The highest BCUT2D eigenvalue weighted by Gasteiger charge is 2.37. The first-order chi connectivity index (χ1) is 10.7. The third-order valence-electron chi connectivity index (χ3n) is 3.81. The minimum atomic E-state index is -0.363. The summed E-state index contributed by atoms with van der Waals surface area (Å²) in [5.41, 5.74) is 2.31. The number of hydrogen-bond acceptors (Lipinski definition) is 3. The first-order valence-corrected chi connectivity index (χ1v) is 6.70. The number of nitrogens with one attached hydrogen (secondary N) is 1. The summed E-state index contributed by atoms with van der Waals surface area (Å²) in [5.74, 6) is -0.726. The molecule has 1 aliphatic rings. The lowest BCUT2D eigenvalue weighted by molar-refractivity contribution is 0.0926. The van der Waals surface area contributed by atoms with E-state index in [1.165, 1.54) is 0 Å². The van der Waals surface area contributed by atoms with Crippen molar-refractivity contribution in [1.29, 1.82) is 5.26 Å². The van der Waals surface area contributed by atoms with Gasteiger partial charge in [0.05, 0.1) is 28.4 Å². The number of carbonyl (C=O) groups excluding carboxylic acids is 2. The number of nitrogens with zero attached hydrogens (tertiary/aromatic N) is 2. The van der Waals surface area contributed by atoms with Crippen LogP contribution < -0.4 is 4.90 Å². The normalized spacial score (nSPS) is 13.5. The molecule has 0 saturated carbocycles. The molecule has 0 bridgehead atoms. The van der Waals surface area contributed by atoms with E-state index in [-0.39, 0.29) is 11.8 Å². The van der Waals surface area contributed by atoms with Gasteiger partial charge in [-0.1, -0.05) is 12.1 Å². The zero-order valence-corrected chi connectivity index (χ0v) is 11.3. The van der Waals surface area contributed by atoms with Gasteiger partial charge >= 0.3 is 0 Å². The molecule has 0 unspecified atom stereocenters. The molecule has 104 valence electrons. The van der Waals surface area contributed by atoms with Crippen molar-refractivity contribution in [2.24, 2.45) is 0 Å². The Balaban J connectivity index is 1.98. The van der Waals surface area contributed by atoms with Crippen molar-refractivity contribution >= 4 is 28.4 Å². The molecule has 0 radical (unpaired) electrons. The highest BCUT2D eigenvalue weighted by molar-refractivity contribution is 6.36. The Bertz CT molecular complexity index is 960. The summed E-state index contributed by atoms with van der Waals surface area (Å²) in [4.78, 5) is 29.3. The minimum absolute atomic E-state index is 0.363. The number of hydrogen-bond donors (Lipinski definition) is 1. The molecule has 5 nitrogen and oxygen atoms in total. The van der Waals surface area contributed by atoms with Crippen LogP contribution in [0, 0.1) is 11.3 Å². The van der Waals surface area contributed by atoms with E-state index in [1.54, 1.807) is 48.7 Å². The zero-order chi connectivity index (χ0) is 15.3. The van der Waals surface area contributed by atoms with Crippen molar-refractivity contribution in [2.75, 3.05) is 4.90 Å². The van der Waals surface area contributed by atoms with Crippen LogP contribution in [0.15, 0.2) is 48.7 Å². The average molecular weight is 287 g/mol. The van der Waals surface area contributed by atoms with Crippen molar-refractivity contribution in [2.45, 2.75) is 0 Å². The summed E-state index contributed by atoms with van der Waals surface area (Å²) in [6, 6.07) is 13.8. The molecular formula is C17H9N3O2. The third kappa shape index (κ3) is 1.52. The van der Waals surface area contributed by atoms with Gasteiger partial charge in [-0.25, -0.2) is 4.90 Å². The van der Waals surface area contributed by atoms with Gasteiger partial charge in [-0.05, 0) is 30.3 Å². The Labute approximate surface area is 125 Å². The van der Waals surface area contributed by atoms with Crippen LogP contribution in [-0.2, 0) is 0 Å². The van der Waals surface area contributed by atoms with Gasteiger partial charge < -0.3 is 4.98 Å². The smallest absolute Gasteiger partial charge is 0.266 e. The fourth-order valence-corrected chi connectivity index (χ4v) is 2.80. The number of amides is 2. The number of imide groups is 1. The summed E-state index contributed by atoms with van der Waals surface area (Å²) < 4.78 is 0. The van der Waals surface area contributed by atoms with Crippen molar-refractivity contribution in [1.82, 2.24) is 4.98 Å². The fraction of sp³-hybridized carbons (Fsp3) is 0. The Morgan fingerprint density at radius 1 is 1.00 bits per heavy atom. The third-order valence-corrected chi connectivity index (χ3v) is 3.81. The number of H-pyrrole nitrogens is 1. The van der Waals surface area contributed by atoms with E-state index in [9.17, 15) is 9.59 Å². The number of rotatable bonds is 1. The molecule has 2 aromatic carbocycles. The number of carbonyl (C=O) groups is 2. The summed E-state index contributed by atoms with van der Waals surface area (Å²) >= 11 is 0. The largest absolute Gasteiger partial charge is 0.361 e. The molecule has 1 N–H and O–H groups in total. The number of aromatic nitrogens is 1. The van der Waals surface area contributed by atoms with E-state index in [0.29, 0.717) is 27.9 Å². The van der Waals surface area contributed by atoms with Gasteiger partial charge in [0.2, 0.25) is 0 Å². The molecule has 1 aliphatic heterocycles. The molecule has 4 rings (SSSR count). The minimum Gasteiger partial charge on any atom is -0.361 e. The fourth-order valence-electron chi connectivity index (χ4n) is 2.80.